The van der Waals surface area contributed by atoms with Crippen molar-refractivity contribution in [2.45, 2.75) is 76.9 Å². The summed E-state index contributed by atoms with van der Waals surface area (Å²) in [5.41, 5.74) is 0. The summed E-state index contributed by atoms with van der Waals surface area (Å²) in [6.07, 6.45) is 9.40. The Morgan fingerprint density at radius 1 is 1.24 bits per heavy atom. The van der Waals surface area contributed by atoms with E-state index in [4.69, 9.17) is 25.8 Å². The van der Waals surface area contributed by atoms with Gasteiger partial charge in [-0.05, 0) is 38.3 Å². The zero-order valence-electron chi connectivity index (χ0n) is 21.9. The molecule has 2 fully saturated rings. The molecule has 9 nitrogen and oxygen atoms in total. The molecule has 1 saturated heterocycles. The Morgan fingerprint density at radius 2 is 2.03 bits per heavy atom. The van der Waals surface area contributed by atoms with E-state index < -0.39 is 11.8 Å². The van der Waals surface area contributed by atoms with Crippen molar-refractivity contribution in [1.29, 1.82) is 0 Å². The molecule has 204 valence electrons. The summed E-state index contributed by atoms with van der Waals surface area (Å²) in [5, 5.41) is 7.92. The Labute approximate surface area is 228 Å². The van der Waals surface area contributed by atoms with Gasteiger partial charge in [0, 0.05) is 18.3 Å². The van der Waals surface area contributed by atoms with E-state index in [2.05, 4.69) is 10.4 Å². The number of nitrogens with zero attached hydrogens (tertiary/aromatic N) is 3. The first-order chi connectivity index (χ1) is 18.3. The lowest BCUT2D eigenvalue weighted by Gasteiger charge is -2.31. The van der Waals surface area contributed by atoms with Crippen LogP contribution in [0, 0.1) is 5.92 Å². The summed E-state index contributed by atoms with van der Waals surface area (Å²) >= 11 is 6.24. The third-order valence-corrected chi connectivity index (χ3v) is 7.59. The number of rotatable bonds is 9. The van der Waals surface area contributed by atoms with Gasteiger partial charge >= 0.3 is 0 Å². The second-order valence-corrected chi connectivity index (χ2v) is 11.1. The Kier molecular flexibility index (Phi) is 8.07. The molecule has 2 atom stereocenters. The number of hydrogen-bond donors (Lipinski definition) is 1. The average Bonchev–Trinajstić information content (AvgIpc) is 3.58. The average molecular weight is 543 g/mol. The highest BCUT2D eigenvalue weighted by atomic mass is 35.5. The Hall–Kier alpha value is -2.88. The van der Waals surface area contributed by atoms with E-state index in [9.17, 15) is 9.59 Å². The van der Waals surface area contributed by atoms with Crippen molar-refractivity contribution < 1.29 is 23.8 Å². The van der Waals surface area contributed by atoms with Gasteiger partial charge in [0.05, 0.1) is 24.7 Å². The van der Waals surface area contributed by atoms with Crippen molar-refractivity contribution in [2.75, 3.05) is 18.5 Å². The van der Waals surface area contributed by atoms with Crippen LogP contribution >= 0.6 is 11.6 Å². The molecule has 10 heteroatoms. The first kappa shape index (κ1) is 26.7. The van der Waals surface area contributed by atoms with E-state index in [0.29, 0.717) is 47.8 Å². The minimum absolute atomic E-state index is 0.114. The Bertz CT molecular complexity index is 1190. The number of anilines is 1. The van der Waals surface area contributed by atoms with Crippen LogP contribution in [0.1, 0.15) is 52.4 Å². The third-order valence-electron chi connectivity index (χ3n) is 7.28. The van der Waals surface area contributed by atoms with Gasteiger partial charge in [-0.1, -0.05) is 55.8 Å². The third kappa shape index (κ3) is 6.57. The normalized spacial score (nSPS) is 22.4. The summed E-state index contributed by atoms with van der Waals surface area (Å²) in [7, 11) is 0. The predicted octanol–water partition coefficient (Wildman–Crippen LogP) is 4.77. The molecule has 3 aliphatic rings. The molecule has 38 heavy (non-hydrogen) atoms. The van der Waals surface area contributed by atoms with Crippen molar-refractivity contribution >= 4 is 29.2 Å². The quantitative estimate of drug-likeness (QED) is 0.490. The van der Waals surface area contributed by atoms with Gasteiger partial charge in [-0.3, -0.25) is 14.3 Å². The van der Waals surface area contributed by atoms with Crippen molar-refractivity contribution in [3.63, 3.8) is 0 Å². The molecule has 0 bridgehead atoms. The molecule has 2 aliphatic heterocycles. The van der Waals surface area contributed by atoms with Crippen molar-refractivity contribution in [1.82, 2.24) is 14.7 Å². The Morgan fingerprint density at radius 3 is 2.76 bits per heavy atom. The highest BCUT2D eigenvalue weighted by Crippen LogP contribution is 2.32. The predicted molar refractivity (Wildman–Crippen MR) is 143 cm³/mol. The first-order valence-corrected chi connectivity index (χ1v) is 13.7. The van der Waals surface area contributed by atoms with Gasteiger partial charge < -0.3 is 24.4 Å². The van der Waals surface area contributed by atoms with Crippen LogP contribution < -0.4 is 10.1 Å². The lowest BCUT2D eigenvalue weighted by molar-refractivity contribution is -0.139. The Balaban J connectivity index is 1.26. The highest BCUT2D eigenvalue weighted by Gasteiger charge is 2.37. The van der Waals surface area contributed by atoms with E-state index >= 15 is 0 Å². The number of carbonyl (C=O) groups excluding carboxylic acids is 2. The number of benzene rings is 1. The lowest BCUT2D eigenvalue weighted by Crippen LogP contribution is -2.46. The summed E-state index contributed by atoms with van der Waals surface area (Å²) < 4.78 is 19.2. The van der Waals surface area contributed by atoms with Crippen LogP contribution in [-0.2, 0) is 25.6 Å². The maximum atomic E-state index is 13.6. The smallest absolute Gasteiger partial charge is 0.251 e. The van der Waals surface area contributed by atoms with Gasteiger partial charge in [0.15, 0.2) is 11.6 Å². The van der Waals surface area contributed by atoms with Crippen LogP contribution in [-0.4, -0.2) is 57.6 Å². The molecule has 2 unspecified atom stereocenters. The molecule has 0 radical (unpaired) electrons. The first-order valence-electron chi connectivity index (χ1n) is 13.4. The van der Waals surface area contributed by atoms with Gasteiger partial charge in [-0.25, -0.2) is 0 Å². The van der Waals surface area contributed by atoms with Crippen LogP contribution in [0.15, 0.2) is 48.4 Å². The molecule has 3 heterocycles. The topological polar surface area (TPSA) is 94.9 Å². The fourth-order valence-electron chi connectivity index (χ4n) is 5.42. The maximum Gasteiger partial charge on any atom is 0.251 e. The van der Waals surface area contributed by atoms with E-state index in [1.54, 1.807) is 34.0 Å². The monoisotopic (exact) mass is 542 g/mol. The van der Waals surface area contributed by atoms with Gasteiger partial charge in [0.2, 0.25) is 5.91 Å². The number of nitrogens with one attached hydrogen (secondary N) is 1. The van der Waals surface area contributed by atoms with Crippen LogP contribution in [0.4, 0.5) is 5.82 Å². The fraction of sp³-hybridized carbons (Fsp3) is 0.536. The SMILES string of the molecule is CC1(C)OCC(Cn2ccc(NC(=O)C(CC3CCCCC3)N3CC(Oc4ccccc4Cl)=CC3=O)n2)O1. The number of halogens is 1. The van der Waals surface area contributed by atoms with Crippen LogP contribution in [0.5, 0.6) is 5.75 Å². The molecule has 2 amide bonds. The van der Waals surface area contributed by atoms with Gasteiger partial charge in [-0.2, -0.15) is 5.10 Å². The van der Waals surface area contributed by atoms with Crippen LogP contribution in [0.3, 0.4) is 0 Å². The maximum absolute atomic E-state index is 13.6. The number of para-hydroxylation sites is 1. The molecular formula is C28H35ClN4O5. The molecular weight excluding hydrogens is 508 g/mol. The minimum Gasteiger partial charge on any atom is -0.458 e. The largest absolute Gasteiger partial charge is 0.458 e. The number of ether oxygens (including phenoxy) is 3. The number of aromatic nitrogens is 2. The van der Waals surface area contributed by atoms with Crippen molar-refractivity contribution in [3.05, 3.63) is 53.4 Å². The van der Waals surface area contributed by atoms with Crippen molar-refractivity contribution in [2.24, 2.45) is 5.92 Å². The molecule has 2 aromatic rings. The zero-order valence-corrected chi connectivity index (χ0v) is 22.7. The number of hydrogen-bond acceptors (Lipinski definition) is 6. The number of carbonyl (C=O) groups is 2. The van der Waals surface area contributed by atoms with Gasteiger partial charge in [0.25, 0.3) is 5.91 Å². The molecule has 1 aromatic carbocycles. The molecule has 1 aromatic heterocycles. The van der Waals surface area contributed by atoms with E-state index in [-0.39, 0.29) is 24.5 Å². The standard InChI is InChI=1S/C28H35ClN4O5/c1-28(2)36-18-21(38-28)16-32-13-12-25(31-32)30-27(35)23(14-19-8-4-3-5-9-19)33-17-20(15-26(33)34)37-24-11-7-6-10-22(24)29/h6-7,10-13,15,19,21,23H,3-5,8-9,14,16-18H2,1-2H3,(H,30,31,35). The van der Waals surface area contributed by atoms with Crippen LogP contribution in [0.25, 0.3) is 0 Å². The molecule has 1 N–H and O–H groups in total. The summed E-state index contributed by atoms with van der Waals surface area (Å²) in [6.45, 7) is 4.97. The van der Waals surface area contributed by atoms with Gasteiger partial charge in [0.1, 0.15) is 23.7 Å². The minimum atomic E-state index is -0.633. The van der Waals surface area contributed by atoms with E-state index in [0.717, 1.165) is 25.7 Å². The van der Waals surface area contributed by atoms with E-state index in [1.165, 1.54) is 12.5 Å². The van der Waals surface area contributed by atoms with Gasteiger partial charge in [-0.15, -0.1) is 0 Å². The van der Waals surface area contributed by atoms with E-state index in [1.807, 2.05) is 26.0 Å². The summed E-state index contributed by atoms with van der Waals surface area (Å²) in [4.78, 5) is 28.2. The van der Waals surface area contributed by atoms with Crippen LogP contribution in [0.2, 0.25) is 5.02 Å². The lowest BCUT2D eigenvalue weighted by atomic mass is 9.84. The highest BCUT2D eigenvalue weighted by molar-refractivity contribution is 6.32. The second-order valence-electron chi connectivity index (χ2n) is 10.7. The van der Waals surface area contributed by atoms with Crippen molar-refractivity contribution in [3.8, 4) is 5.75 Å². The molecule has 5 rings (SSSR count). The summed E-state index contributed by atoms with van der Waals surface area (Å²) in [5.74, 6) is 0.684. The fourth-order valence-corrected chi connectivity index (χ4v) is 5.60. The number of amides is 2. The summed E-state index contributed by atoms with van der Waals surface area (Å²) in [6, 6.07) is 8.25. The molecule has 1 aliphatic carbocycles. The second kappa shape index (κ2) is 11.5. The molecule has 1 saturated carbocycles. The zero-order chi connectivity index (χ0) is 26.7. The molecule has 0 spiro atoms.